The second-order valence-corrected chi connectivity index (χ2v) is 8.22. The summed E-state index contributed by atoms with van der Waals surface area (Å²) < 4.78 is 20.4. The maximum atomic E-state index is 14.5. The Kier molecular flexibility index (Phi) is 5.30. The number of hydrogen-bond acceptors (Lipinski definition) is 7. The van der Waals surface area contributed by atoms with Crippen molar-refractivity contribution in [3.8, 4) is 5.88 Å². The van der Waals surface area contributed by atoms with E-state index < -0.39 is 28.7 Å². The summed E-state index contributed by atoms with van der Waals surface area (Å²) in [6, 6.07) is -0.636. The van der Waals surface area contributed by atoms with Crippen molar-refractivity contribution in [1.29, 1.82) is 0 Å². The molecule has 2 aromatic heterocycles. The van der Waals surface area contributed by atoms with Crippen LogP contribution in [0, 0.1) is 5.82 Å². The zero-order valence-electron chi connectivity index (χ0n) is 15.6. The van der Waals surface area contributed by atoms with E-state index in [-0.39, 0.29) is 40.1 Å². The normalized spacial score (nSPS) is 24.7. The van der Waals surface area contributed by atoms with E-state index >= 15 is 0 Å². The van der Waals surface area contributed by atoms with Crippen LogP contribution in [-0.4, -0.2) is 68.1 Å². The third-order valence-electron chi connectivity index (χ3n) is 5.47. The smallest absolute Gasteiger partial charge is 0.407 e. The molecule has 0 aromatic carbocycles. The minimum absolute atomic E-state index is 0.0582. The number of carbonyl (C=O) groups is 1. The molecule has 12 heteroatoms. The SMILES string of the molecule is CSc1nc2c(F)c(Cl)nc(OC(C)[C@H]3NC[C@H]4CC[C@@H]3N4C(=O)O)c2c(=O)[nH]1. The number of piperazine rings is 1. The van der Waals surface area contributed by atoms with Crippen LogP contribution in [0.15, 0.2) is 9.95 Å². The van der Waals surface area contributed by atoms with Gasteiger partial charge in [-0.05, 0) is 26.0 Å². The zero-order chi connectivity index (χ0) is 20.9. The van der Waals surface area contributed by atoms with Crippen LogP contribution in [-0.2, 0) is 0 Å². The third kappa shape index (κ3) is 3.40. The van der Waals surface area contributed by atoms with Crippen molar-refractivity contribution in [1.82, 2.24) is 25.2 Å². The lowest BCUT2D eigenvalue weighted by Gasteiger charge is -2.41. The van der Waals surface area contributed by atoms with Crippen LogP contribution in [0.3, 0.4) is 0 Å². The number of hydrogen-bond donors (Lipinski definition) is 3. The lowest BCUT2D eigenvalue weighted by molar-refractivity contribution is 0.0543. The number of fused-ring (bicyclic) bond motifs is 3. The van der Waals surface area contributed by atoms with Gasteiger partial charge in [-0.15, -0.1) is 0 Å². The monoisotopic (exact) mass is 443 g/mol. The van der Waals surface area contributed by atoms with Gasteiger partial charge < -0.3 is 20.1 Å². The van der Waals surface area contributed by atoms with E-state index in [1.807, 2.05) is 0 Å². The number of thioether (sulfide) groups is 1. The fraction of sp³-hybridized carbons (Fsp3) is 0.529. The summed E-state index contributed by atoms with van der Waals surface area (Å²) in [5.74, 6) is -1.03. The molecule has 9 nitrogen and oxygen atoms in total. The van der Waals surface area contributed by atoms with E-state index in [9.17, 15) is 19.1 Å². The molecule has 2 aliphatic heterocycles. The molecule has 4 heterocycles. The summed E-state index contributed by atoms with van der Waals surface area (Å²) in [4.78, 5) is 36.2. The predicted octanol–water partition coefficient (Wildman–Crippen LogP) is 2.08. The average molecular weight is 444 g/mol. The Hall–Kier alpha value is -2.11. The van der Waals surface area contributed by atoms with Crippen molar-refractivity contribution in [2.75, 3.05) is 12.8 Å². The largest absolute Gasteiger partial charge is 0.472 e. The number of aromatic nitrogens is 3. The molecule has 3 N–H and O–H groups in total. The Morgan fingerprint density at radius 2 is 2.21 bits per heavy atom. The Bertz CT molecular complexity index is 1040. The number of nitrogens with zero attached hydrogens (tertiary/aromatic N) is 3. The number of halogens is 2. The summed E-state index contributed by atoms with van der Waals surface area (Å²) >= 11 is 7.07. The first-order valence-electron chi connectivity index (χ1n) is 9.06. The van der Waals surface area contributed by atoms with E-state index in [2.05, 4.69) is 20.3 Å². The first kappa shape index (κ1) is 20.2. The highest BCUT2D eigenvalue weighted by molar-refractivity contribution is 7.98. The lowest BCUT2D eigenvalue weighted by Crippen LogP contribution is -2.63. The van der Waals surface area contributed by atoms with Gasteiger partial charge in [0.25, 0.3) is 5.56 Å². The van der Waals surface area contributed by atoms with Gasteiger partial charge in [-0.1, -0.05) is 23.4 Å². The van der Waals surface area contributed by atoms with Crippen molar-refractivity contribution >= 4 is 40.4 Å². The van der Waals surface area contributed by atoms with Crippen LogP contribution < -0.4 is 15.6 Å². The standard InChI is InChI=1S/C17H19ClFN5O4S/c1-6(11-8-4-3-7(5-20-11)24(8)17(26)27)28-15-9-12(10(19)13(18)22-15)21-16(29-2)23-14(9)25/h6-8,11,20H,3-5H2,1-2H3,(H,26,27)(H,21,23,25)/t6?,7-,8+,11-/m1/s1. The summed E-state index contributed by atoms with van der Waals surface area (Å²) in [5, 5.41) is 12.5. The maximum absolute atomic E-state index is 14.5. The summed E-state index contributed by atoms with van der Waals surface area (Å²) in [6.07, 6.45) is 1.66. The average Bonchev–Trinajstić information content (AvgIpc) is 2.98. The number of ether oxygens (including phenoxy) is 1. The second kappa shape index (κ2) is 7.62. The van der Waals surface area contributed by atoms with Gasteiger partial charge in [0.2, 0.25) is 5.88 Å². The third-order valence-corrected chi connectivity index (χ3v) is 6.30. The number of nitrogens with one attached hydrogen (secondary N) is 2. The van der Waals surface area contributed by atoms with E-state index in [0.29, 0.717) is 13.0 Å². The fourth-order valence-electron chi connectivity index (χ4n) is 4.18. The number of pyridine rings is 1. The van der Waals surface area contributed by atoms with Crippen LogP contribution in [0.25, 0.3) is 10.9 Å². The number of carboxylic acid groups (broad SMARTS) is 1. The van der Waals surface area contributed by atoms with Gasteiger partial charge in [-0.3, -0.25) is 9.69 Å². The van der Waals surface area contributed by atoms with Gasteiger partial charge in [0.05, 0.1) is 12.1 Å². The van der Waals surface area contributed by atoms with Crippen LogP contribution >= 0.6 is 23.4 Å². The Morgan fingerprint density at radius 1 is 1.45 bits per heavy atom. The molecule has 0 spiro atoms. The van der Waals surface area contributed by atoms with Crippen molar-refractivity contribution in [2.45, 2.75) is 49.2 Å². The molecule has 2 fully saturated rings. The fourth-order valence-corrected chi connectivity index (χ4v) is 4.73. The van der Waals surface area contributed by atoms with E-state index in [4.69, 9.17) is 16.3 Å². The van der Waals surface area contributed by atoms with Gasteiger partial charge in [-0.2, -0.15) is 4.98 Å². The minimum atomic E-state index is -0.963. The van der Waals surface area contributed by atoms with Crippen molar-refractivity contribution < 1.29 is 19.0 Å². The van der Waals surface area contributed by atoms with Gasteiger partial charge in [0, 0.05) is 12.6 Å². The molecule has 4 atom stereocenters. The summed E-state index contributed by atoms with van der Waals surface area (Å²) in [6.45, 7) is 2.26. The van der Waals surface area contributed by atoms with Gasteiger partial charge in [0.15, 0.2) is 16.1 Å². The van der Waals surface area contributed by atoms with E-state index in [1.54, 1.807) is 13.2 Å². The second-order valence-electron chi connectivity index (χ2n) is 7.07. The topological polar surface area (TPSA) is 120 Å². The minimum Gasteiger partial charge on any atom is -0.472 e. The van der Waals surface area contributed by atoms with E-state index in [0.717, 1.165) is 18.2 Å². The molecule has 0 saturated carbocycles. The van der Waals surface area contributed by atoms with Crippen molar-refractivity contribution in [3.63, 3.8) is 0 Å². The molecule has 4 rings (SSSR count). The molecule has 0 aliphatic carbocycles. The molecule has 2 saturated heterocycles. The number of rotatable bonds is 4. The Morgan fingerprint density at radius 3 is 2.90 bits per heavy atom. The van der Waals surface area contributed by atoms with Gasteiger partial charge in [0.1, 0.15) is 17.0 Å². The van der Waals surface area contributed by atoms with Crippen LogP contribution in [0.1, 0.15) is 19.8 Å². The molecule has 0 radical (unpaired) electrons. The van der Waals surface area contributed by atoms with E-state index in [1.165, 1.54) is 4.90 Å². The number of amides is 1. The molecule has 29 heavy (non-hydrogen) atoms. The predicted molar refractivity (Wildman–Crippen MR) is 105 cm³/mol. The summed E-state index contributed by atoms with van der Waals surface area (Å²) in [7, 11) is 0. The van der Waals surface area contributed by atoms with Crippen molar-refractivity contribution in [3.05, 3.63) is 21.3 Å². The molecular weight excluding hydrogens is 425 g/mol. The van der Waals surface area contributed by atoms with Crippen LogP contribution in [0.2, 0.25) is 5.15 Å². The number of H-pyrrole nitrogens is 1. The highest BCUT2D eigenvalue weighted by Gasteiger charge is 2.47. The highest BCUT2D eigenvalue weighted by atomic mass is 35.5. The molecule has 1 unspecified atom stereocenters. The van der Waals surface area contributed by atoms with Gasteiger partial charge >= 0.3 is 6.09 Å². The number of aromatic amines is 1. The molecule has 1 amide bonds. The first-order chi connectivity index (χ1) is 13.8. The first-order valence-corrected chi connectivity index (χ1v) is 10.7. The van der Waals surface area contributed by atoms with Gasteiger partial charge in [-0.25, -0.2) is 14.2 Å². The van der Waals surface area contributed by atoms with Crippen molar-refractivity contribution in [2.24, 2.45) is 0 Å². The lowest BCUT2D eigenvalue weighted by atomic mass is 10.0. The molecular formula is C17H19ClFN5O4S. The summed E-state index contributed by atoms with van der Waals surface area (Å²) in [5.41, 5.74) is -0.806. The molecule has 156 valence electrons. The van der Waals surface area contributed by atoms with Crippen LogP contribution in [0.5, 0.6) is 5.88 Å². The maximum Gasteiger partial charge on any atom is 0.407 e. The molecule has 2 bridgehead atoms. The zero-order valence-corrected chi connectivity index (χ0v) is 17.2. The quantitative estimate of drug-likeness (QED) is 0.373. The highest BCUT2D eigenvalue weighted by Crippen LogP contribution is 2.33. The Balaban J connectivity index is 1.70. The Labute approximate surface area is 174 Å². The molecule has 2 aliphatic rings. The molecule has 2 aromatic rings. The van der Waals surface area contributed by atoms with Crippen LogP contribution in [0.4, 0.5) is 9.18 Å².